The minimum absolute atomic E-state index is 0.0564. The Balaban J connectivity index is 2.14. The number of aliphatic carboxylic acids is 1. The highest BCUT2D eigenvalue weighted by Crippen LogP contribution is 2.29. The number of rotatable bonds is 9. The van der Waals surface area contributed by atoms with Crippen LogP contribution in [0.4, 0.5) is 5.95 Å². The Bertz CT molecular complexity index is 697. The Kier molecular flexibility index (Phi) is 7.66. The molecular weight excluding hydrogens is 497 g/mol. The van der Waals surface area contributed by atoms with E-state index in [-0.39, 0.29) is 17.6 Å². The van der Waals surface area contributed by atoms with E-state index in [2.05, 4.69) is 4.98 Å². The fraction of sp³-hybridized carbons (Fsp3) is 0.714. The summed E-state index contributed by atoms with van der Waals surface area (Å²) >= 11 is 1.95. The first kappa shape index (κ1) is 22.9. The Hall–Kier alpha value is -1.43. The van der Waals surface area contributed by atoms with Crippen LogP contribution in [0.5, 0.6) is 0 Å². The van der Waals surface area contributed by atoms with Crippen molar-refractivity contribution in [3.8, 4) is 0 Å². The molecule has 0 spiro atoms. The minimum atomic E-state index is -1.85. The molecule has 14 heteroatoms. The molecule has 1 fully saturated rings. The van der Waals surface area contributed by atoms with E-state index in [1.54, 1.807) is 0 Å². The Labute approximate surface area is 171 Å². The van der Waals surface area contributed by atoms with E-state index in [1.807, 2.05) is 22.6 Å². The molecule has 158 valence electrons. The zero-order chi connectivity index (χ0) is 21.1. The topological polar surface area (TPSA) is 198 Å². The van der Waals surface area contributed by atoms with Gasteiger partial charge in [0.15, 0.2) is 12.4 Å². The van der Waals surface area contributed by atoms with Crippen LogP contribution >= 0.6 is 22.6 Å². The Morgan fingerprint density at radius 2 is 2.07 bits per heavy atom. The van der Waals surface area contributed by atoms with Gasteiger partial charge in [0.1, 0.15) is 30.7 Å². The molecule has 1 aromatic rings. The lowest BCUT2D eigenvalue weighted by molar-refractivity contribution is -0.397. The summed E-state index contributed by atoms with van der Waals surface area (Å²) in [4.78, 5) is 25.1. The van der Waals surface area contributed by atoms with Crippen molar-refractivity contribution in [3.63, 3.8) is 0 Å². The third kappa shape index (κ3) is 4.76. The lowest BCUT2D eigenvalue weighted by Crippen LogP contribution is -2.60. The Morgan fingerprint density at radius 3 is 2.61 bits per heavy atom. The van der Waals surface area contributed by atoms with Gasteiger partial charge in [-0.2, -0.15) is 0 Å². The maximum Gasteiger partial charge on any atom is 0.434 e. The van der Waals surface area contributed by atoms with Crippen LogP contribution in [0, 0.1) is 15.5 Å². The quantitative estimate of drug-likeness (QED) is 0.106. The second-order valence-corrected chi connectivity index (χ2v) is 7.21. The molecule has 28 heavy (non-hydrogen) atoms. The highest BCUT2D eigenvalue weighted by atomic mass is 127. The molecule has 0 aromatic carbocycles. The van der Waals surface area contributed by atoms with Crippen molar-refractivity contribution in [2.45, 2.75) is 37.3 Å². The summed E-state index contributed by atoms with van der Waals surface area (Å²) in [5, 5.41) is 59.5. The molecule has 1 saturated heterocycles. The number of aliphatic hydroxyl groups excluding tert-OH is 4. The summed E-state index contributed by atoms with van der Waals surface area (Å²) in [5.41, 5.74) is -1.06. The number of aromatic nitrogens is 2. The largest absolute Gasteiger partial charge is 0.479 e. The number of nitrogens with zero attached hydrogens (tertiary/aromatic N) is 3. The van der Waals surface area contributed by atoms with E-state index in [9.17, 15) is 35.3 Å². The van der Waals surface area contributed by atoms with E-state index in [0.29, 0.717) is 0 Å². The lowest BCUT2D eigenvalue weighted by Gasteiger charge is -2.40. The van der Waals surface area contributed by atoms with Crippen LogP contribution in [0.3, 0.4) is 0 Å². The second-order valence-electron chi connectivity index (χ2n) is 6.45. The number of nitro groups is 1. The van der Waals surface area contributed by atoms with E-state index < -0.39 is 59.6 Å². The second kappa shape index (κ2) is 9.38. The van der Waals surface area contributed by atoms with Gasteiger partial charge >= 0.3 is 11.9 Å². The van der Waals surface area contributed by atoms with Crippen molar-refractivity contribution in [1.82, 2.24) is 9.55 Å². The maximum absolute atomic E-state index is 11.1. The van der Waals surface area contributed by atoms with Gasteiger partial charge < -0.3 is 45.1 Å². The number of carboxylic acid groups (broad SMARTS) is 1. The molecule has 1 aliphatic rings. The average Bonchev–Trinajstić information content (AvgIpc) is 3.12. The summed E-state index contributed by atoms with van der Waals surface area (Å²) in [5.74, 6) is -1.98. The summed E-state index contributed by atoms with van der Waals surface area (Å²) < 4.78 is 11.9. The Morgan fingerprint density at radius 1 is 1.39 bits per heavy atom. The van der Waals surface area contributed by atoms with Crippen molar-refractivity contribution >= 4 is 34.5 Å². The van der Waals surface area contributed by atoms with Crippen molar-refractivity contribution in [2.75, 3.05) is 17.6 Å². The summed E-state index contributed by atoms with van der Waals surface area (Å²) in [6.45, 7) is -0.806. The van der Waals surface area contributed by atoms with E-state index in [0.717, 1.165) is 0 Å². The van der Waals surface area contributed by atoms with Crippen molar-refractivity contribution in [2.24, 2.45) is 5.41 Å². The highest BCUT2D eigenvalue weighted by molar-refractivity contribution is 14.1. The SMILES string of the molecule is O=C(O)[C@H]1O[C@@H](OCC(CO)(CI)Cn2ccnc2[N+](=O)[O-])[C@H](O)[C@@H](O)[C@@H]1O. The molecule has 2 heterocycles. The van der Waals surface area contributed by atoms with Gasteiger partial charge in [-0.25, -0.2) is 9.36 Å². The van der Waals surface area contributed by atoms with Gasteiger partial charge in [0, 0.05) is 4.43 Å². The third-order valence-electron chi connectivity index (χ3n) is 4.35. The first-order chi connectivity index (χ1) is 13.2. The van der Waals surface area contributed by atoms with Gasteiger partial charge in [-0.3, -0.25) is 0 Å². The molecule has 13 nitrogen and oxygen atoms in total. The van der Waals surface area contributed by atoms with Crippen LogP contribution in [0.2, 0.25) is 0 Å². The molecule has 6 atom stereocenters. The highest BCUT2D eigenvalue weighted by Gasteiger charge is 2.48. The molecule has 0 radical (unpaired) electrons. The number of carboxylic acids is 1. The predicted octanol–water partition coefficient (Wildman–Crippen LogP) is -1.89. The summed E-state index contributed by atoms with van der Waals surface area (Å²) in [6, 6.07) is 0. The van der Waals surface area contributed by atoms with E-state index in [1.165, 1.54) is 17.0 Å². The fourth-order valence-corrected chi connectivity index (χ4v) is 3.37. The summed E-state index contributed by atoms with van der Waals surface area (Å²) in [7, 11) is 0. The molecule has 0 saturated carbocycles. The number of carbonyl (C=O) groups is 1. The average molecular weight is 517 g/mol. The molecule has 0 bridgehead atoms. The number of hydrogen-bond donors (Lipinski definition) is 5. The number of ether oxygens (including phenoxy) is 2. The number of hydrogen-bond acceptors (Lipinski definition) is 10. The molecule has 2 rings (SSSR count). The van der Waals surface area contributed by atoms with Crippen LogP contribution in [0.25, 0.3) is 0 Å². The van der Waals surface area contributed by atoms with Crippen molar-refractivity contribution in [1.29, 1.82) is 0 Å². The maximum atomic E-state index is 11.1. The monoisotopic (exact) mass is 517 g/mol. The zero-order valence-electron chi connectivity index (χ0n) is 14.4. The van der Waals surface area contributed by atoms with E-state index in [4.69, 9.17) is 14.6 Å². The molecule has 1 aliphatic heterocycles. The molecule has 1 unspecified atom stereocenters. The standard InChI is InChI=1S/C14H20IN3O10/c15-3-14(5-19,4-17-2-1-16-13(17)18(25)26)6-27-12-9(22)7(20)8(21)10(28-12)11(23)24/h1-2,7-10,12,19-22H,3-6H2,(H,23,24)/t7-,8-,9+,10-,12+,14?/m0/s1. The van der Waals surface area contributed by atoms with Gasteiger partial charge in [0.25, 0.3) is 0 Å². The van der Waals surface area contributed by atoms with Gasteiger partial charge in [-0.15, -0.1) is 0 Å². The van der Waals surface area contributed by atoms with Crippen LogP contribution in [-0.2, 0) is 20.8 Å². The van der Waals surface area contributed by atoms with Crippen molar-refractivity contribution in [3.05, 3.63) is 22.5 Å². The van der Waals surface area contributed by atoms with Gasteiger partial charge in [0.05, 0.1) is 25.2 Å². The predicted molar refractivity (Wildman–Crippen MR) is 97.6 cm³/mol. The number of alkyl halides is 1. The zero-order valence-corrected chi connectivity index (χ0v) is 16.5. The van der Waals surface area contributed by atoms with Crippen LogP contribution in [0.1, 0.15) is 0 Å². The number of imidazole rings is 1. The number of halogens is 1. The first-order valence-corrected chi connectivity index (χ1v) is 9.55. The summed E-state index contributed by atoms with van der Waals surface area (Å²) in [6.07, 6.45) is -6.23. The van der Waals surface area contributed by atoms with Crippen LogP contribution in [-0.4, -0.2) is 94.3 Å². The van der Waals surface area contributed by atoms with Gasteiger partial charge in [-0.05, 0) is 4.92 Å². The van der Waals surface area contributed by atoms with Crippen LogP contribution < -0.4 is 0 Å². The fourth-order valence-electron chi connectivity index (χ4n) is 2.67. The molecule has 1 aromatic heterocycles. The molecule has 0 aliphatic carbocycles. The third-order valence-corrected chi connectivity index (χ3v) is 5.97. The number of aliphatic hydroxyl groups is 4. The molecule has 0 amide bonds. The van der Waals surface area contributed by atoms with Crippen molar-refractivity contribution < 1.29 is 44.7 Å². The minimum Gasteiger partial charge on any atom is -0.479 e. The van der Waals surface area contributed by atoms with Crippen LogP contribution in [0.15, 0.2) is 12.4 Å². The van der Waals surface area contributed by atoms with Gasteiger partial charge in [0.2, 0.25) is 0 Å². The molecular formula is C14H20IN3O10. The smallest absolute Gasteiger partial charge is 0.434 e. The normalized spacial score (nSPS) is 30.0. The lowest BCUT2D eigenvalue weighted by atomic mass is 9.92. The first-order valence-electron chi connectivity index (χ1n) is 8.02. The van der Waals surface area contributed by atoms with E-state index >= 15 is 0 Å². The molecule has 5 N–H and O–H groups in total. The van der Waals surface area contributed by atoms with Gasteiger partial charge in [-0.1, -0.05) is 27.6 Å².